The van der Waals surface area contributed by atoms with Gasteiger partial charge in [-0.15, -0.1) is 0 Å². The van der Waals surface area contributed by atoms with Gasteiger partial charge in [0.1, 0.15) is 0 Å². The molecule has 3 rings (SSSR count). The quantitative estimate of drug-likeness (QED) is 0.541. The van der Waals surface area contributed by atoms with E-state index in [9.17, 15) is 4.79 Å². The summed E-state index contributed by atoms with van der Waals surface area (Å²) in [5.74, 6) is 1.52. The molecule has 3 nitrogen and oxygen atoms in total. The number of aryl methyl sites for hydroxylation is 2. The predicted octanol–water partition coefficient (Wildman–Crippen LogP) is 6.08. The molecule has 0 spiro atoms. The van der Waals surface area contributed by atoms with Crippen LogP contribution in [-0.2, 0) is 6.42 Å². The summed E-state index contributed by atoms with van der Waals surface area (Å²) in [4.78, 5) is 13.1. The van der Waals surface area contributed by atoms with Crippen molar-refractivity contribution in [3.63, 3.8) is 0 Å². The number of carbonyl (C=O) groups is 1. The van der Waals surface area contributed by atoms with Crippen molar-refractivity contribution in [3.8, 4) is 11.5 Å². The lowest BCUT2D eigenvalue weighted by atomic mass is 9.83. The summed E-state index contributed by atoms with van der Waals surface area (Å²) in [5.41, 5.74) is 6.14. The van der Waals surface area contributed by atoms with Gasteiger partial charge in [-0.3, -0.25) is 4.79 Å². The molecule has 0 atom stereocenters. The van der Waals surface area contributed by atoms with Gasteiger partial charge in [0.15, 0.2) is 17.3 Å². The number of Topliss-reactive ketones (excluding diaryl/α,β-unsaturated/α-hetero) is 1. The van der Waals surface area contributed by atoms with Crippen LogP contribution in [0.4, 0.5) is 0 Å². The number of hydrogen-bond acceptors (Lipinski definition) is 3. The third-order valence-electron chi connectivity index (χ3n) is 4.76. The Balaban J connectivity index is 2.00. The summed E-state index contributed by atoms with van der Waals surface area (Å²) < 4.78 is 12.3. The van der Waals surface area contributed by atoms with Crippen molar-refractivity contribution in [1.29, 1.82) is 0 Å². The van der Waals surface area contributed by atoms with Crippen molar-refractivity contribution in [2.45, 2.75) is 40.5 Å². The van der Waals surface area contributed by atoms with Crippen LogP contribution >= 0.6 is 15.9 Å². The second-order valence-electron chi connectivity index (χ2n) is 6.80. The molecule has 142 valence electrons. The molecule has 0 heterocycles. The molecule has 0 amide bonds. The van der Waals surface area contributed by atoms with Crippen LogP contribution < -0.4 is 9.47 Å². The van der Waals surface area contributed by atoms with Crippen molar-refractivity contribution < 1.29 is 14.3 Å². The fraction of sp³-hybridized carbons (Fsp3) is 0.348. The SMILES string of the molecule is CCOc1cc(/C=C2\CCc3c(C)cc(C)cc3C2=O)cc(Br)c1OCC. The number of fused-ring (bicyclic) bond motifs is 1. The molecule has 0 radical (unpaired) electrons. The van der Waals surface area contributed by atoms with Crippen LogP contribution in [0.5, 0.6) is 11.5 Å². The minimum Gasteiger partial charge on any atom is -0.490 e. The number of halogens is 1. The Hall–Kier alpha value is -2.07. The molecule has 0 saturated carbocycles. The number of benzene rings is 2. The first-order valence-corrected chi connectivity index (χ1v) is 10.2. The second-order valence-corrected chi connectivity index (χ2v) is 7.66. The van der Waals surface area contributed by atoms with Gasteiger partial charge in [-0.2, -0.15) is 0 Å². The Morgan fingerprint density at radius 1 is 1.04 bits per heavy atom. The molecular formula is C23H25BrO3. The maximum Gasteiger partial charge on any atom is 0.189 e. The Bertz CT molecular complexity index is 912. The molecule has 2 aromatic carbocycles. The van der Waals surface area contributed by atoms with Crippen molar-refractivity contribution in [3.05, 3.63) is 62.1 Å². The number of ketones is 1. The molecule has 0 fully saturated rings. The fourth-order valence-electron chi connectivity index (χ4n) is 3.64. The lowest BCUT2D eigenvalue weighted by Gasteiger charge is -2.20. The van der Waals surface area contributed by atoms with Crippen molar-refractivity contribution >= 4 is 27.8 Å². The van der Waals surface area contributed by atoms with E-state index in [0.717, 1.165) is 39.6 Å². The van der Waals surface area contributed by atoms with E-state index in [4.69, 9.17) is 9.47 Å². The van der Waals surface area contributed by atoms with Gasteiger partial charge < -0.3 is 9.47 Å². The number of carbonyl (C=O) groups excluding carboxylic acids is 1. The summed E-state index contributed by atoms with van der Waals surface area (Å²) in [5, 5.41) is 0. The van der Waals surface area contributed by atoms with E-state index in [2.05, 4.69) is 28.9 Å². The highest BCUT2D eigenvalue weighted by Gasteiger charge is 2.23. The largest absolute Gasteiger partial charge is 0.490 e. The zero-order valence-corrected chi connectivity index (χ0v) is 17.9. The van der Waals surface area contributed by atoms with Crippen LogP contribution in [0.1, 0.15) is 52.9 Å². The average molecular weight is 429 g/mol. The molecule has 27 heavy (non-hydrogen) atoms. The average Bonchev–Trinajstić information content (AvgIpc) is 2.61. The molecule has 1 aliphatic carbocycles. The molecule has 0 saturated heterocycles. The molecule has 1 aliphatic rings. The Kier molecular flexibility index (Phi) is 6.05. The zero-order valence-electron chi connectivity index (χ0n) is 16.3. The number of hydrogen-bond donors (Lipinski definition) is 0. The number of rotatable bonds is 5. The first kappa shape index (κ1) is 19.7. The molecular weight excluding hydrogens is 404 g/mol. The maximum atomic E-state index is 13.1. The highest BCUT2D eigenvalue weighted by Crippen LogP contribution is 2.38. The number of ether oxygens (including phenoxy) is 2. The van der Waals surface area contributed by atoms with Gasteiger partial charge in [0, 0.05) is 11.1 Å². The van der Waals surface area contributed by atoms with E-state index in [1.54, 1.807) is 0 Å². The third kappa shape index (κ3) is 4.11. The first-order chi connectivity index (χ1) is 12.9. The van der Waals surface area contributed by atoms with Crippen molar-refractivity contribution in [2.24, 2.45) is 0 Å². The summed E-state index contributed by atoms with van der Waals surface area (Å²) in [6.45, 7) is 9.13. The van der Waals surface area contributed by atoms with E-state index in [1.165, 1.54) is 11.1 Å². The second kappa shape index (κ2) is 8.30. The van der Waals surface area contributed by atoms with Gasteiger partial charge in [0.25, 0.3) is 0 Å². The van der Waals surface area contributed by atoms with Crippen LogP contribution in [0.15, 0.2) is 34.3 Å². The van der Waals surface area contributed by atoms with Gasteiger partial charge in [-0.05, 0) is 97.4 Å². The topological polar surface area (TPSA) is 35.5 Å². The van der Waals surface area contributed by atoms with Gasteiger partial charge in [0.2, 0.25) is 0 Å². The molecule has 0 aromatic heterocycles. The van der Waals surface area contributed by atoms with E-state index in [0.29, 0.717) is 24.7 Å². The molecule has 0 unspecified atom stereocenters. The van der Waals surface area contributed by atoms with Crippen molar-refractivity contribution in [2.75, 3.05) is 13.2 Å². The van der Waals surface area contributed by atoms with Crippen LogP contribution in [0, 0.1) is 13.8 Å². The third-order valence-corrected chi connectivity index (χ3v) is 5.35. The predicted molar refractivity (Wildman–Crippen MR) is 113 cm³/mol. The molecule has 4 heteroatoms. The van der Waals surface area contributed by atoms with Gasteiger partial charge in [-0.25, -0.2) is 0 Å². The van der Waals surface area contributed by atoms with Crippen LogP contribution in [-0.4, -0.2) is 19.0 Å². The lowest BCUT2D eigenvalue weighted by Crippen LogP contribution is -2.15. The van der Waals surface area contributed by atoms with Gasteiger partial charge >= 0.3 is 0 Å². The van der Waals surface area contributed by atoms with Crippen molar-refractivity contribution in [1.82, 2.24) is 0 Å². The van der Waals surface area contributed by atoms with E-state index >= 15 is 0 Å². The molecule has 2 aromatic rings. The molecule has 0 N–H and O–H groups in total. The summed E-state index contributed by atoms with van der Waals surface area (Å²) >= 11 is 3.57. The fourth-order valence-corrected chi connectivity index (χ4v) is 4.21. The zero-order chi connectivity index (χ0) is 19.6. The van der Waals surface area contributed by atoms with E-state index in [1.807, 2.05) is 45.0 Å². The molecule has 0 aliphatic heterocycles. The minimum absolute atomic E-state index is 0.131. The monoisotopic (exact) mass is 428 g/mol. The molecule has 0 bridgehead atoms. The van der Waals surface area contributed by atoms with E-state index in [-0.39, 0.29) is 5.78 Å². The van der Waals surface area contributed by atoms with E-state index < -0.39 is 0 Å². The Morgan fingerprint density at radius 3 is 2.48 bits per heavy atom. The highest BCUT2D eigenvalue weighted by molar-refractivity contribution is 9.10. The Morgan fingerprint density at radius 2 is 1.78 bits per heavy atom. The van der Waals surface area contributed by atoms with Crippen LogP contribution in [0.3, 0.4) is 0 Å². The summed E-state index contributed by atoms with van der Waals surface area (Å²) in [6, 6.07) is 8.08. The standard InChI is InChI=1S/C23H25BrO3/c1-5-26-21-13-16(12-20(24)23(21)27-6-2)11-17-7-8-18-15(4)9-14(3)10-19(18)22(17)25/h9-13H,5-8H2,1-4H3/b17-11+. The number of allylic oxidation sites excluding steroid dienone is 1. The minimum atomic E-state index is 0.131. The summed E-state index contributed by atoms with van der Waals surface area (Å²) in [7, 11) is 0. The normalized spacial score (nSPS) is 15.0. The van der Waals surface area contributed by atoms with Crippen LogP contribution in [0.2, 0.25) is 0 Å². The maximum absolute atomic E-state index is 13.1. The van der Waals surface area contributed by atoms with Crippen LogP contribution in [0.25, 0.3) is 6.08 Å². The summed E-state index contributed by atoms with van der Waals surface area (Å²) in [6.07, 6.45) is 3.63. The Labute approximate surface area is 169 Å². The first-order valence-electron chi connectivity index (χ1n) is 9.39. The highest BCUT2D eigenvalue weighted by atomic mass is 79.9. The van der Waals surface area contributed by atoms with Gasteiger partial charge in [-0.1, -0.05) is 11.6 Å². The lowest BCUT2D eigenvalue weighted by molar-refractivity contribution is 0.102. The van der Waals surface area contributed by atoms with Gasteiger partial charge in [0.05, 0.1) is 17.7 Å². The smallest absolute Gasteiger partial charge is 0.189 e.